The molecule has 1 atom stereocenters. The molecule has 1 rings (SSSR count). The number of aryl methyl sites for hydroxylation is 1. The van der Waals surface area contributed by atoms with Crippen LogP contribution in [0.4, 0.5) is 0 Å². The highest BCUT2D eigenvalue weighted by atomic mass is 32.2. The van der Waals surface area contributed by atoms with E-state index in [1.807, 2.05) is 23.9 Å². The van der Waals surface area contributed by atoms with E-state index >= 15 is 0 Å². The number of methoxy groups -OCH3 is 1. The molecule has 0 heterocycles. The van der Waals surface area contributed by atoms with Gasteiger partial charge in [-0.2, -0.15) is 11.8 Å². The number of thioether (sulfide) groups is 1. The van der Waals surface area contributed by atoms with Crippen molar-refractivity contribution >= 4 is 11.8 Å². The average Bonchev–Trinajstić information content (AvgIpc) is 2.30. The molecule has 0 radical (unpaired) electrons. The van der Waals surface area contributed by atoms with E-state index in [4.69, 9.17) is 10.5 Å². The molecule has 0 aliphatic carbocycles. The molecule has 1 aromatic rings. The molecule has 0 saturated carbocycles. The maximum absolute atomic E-state index is 5.52. The monoisotopic (exact) mass is 239 g/mol. The first-order chi connectivity index (χ1) is 7.76. The average molecular weight is 239 g/mol. The van der Waals surface area contributed by atoms with Gasteiger partial charge >= 0.3 is 0 Å². The van der Waals surface area contributed by atoms with Crippen molar-refractivity contribution in [3.63, 3.8) is 0 Å². The molecule has 1 aromatic carbocycles. The van der Waals surface area contributed by atoms with Crippen molar-refractivity contribution in [2.45, 2.75) is 25.0 Å². The molecule has 0 aliphatic heterocycles. The minimum absolute atomic E-state index is 0.670. The topological polar surface area (TPSA) is 35.2 Å². The number of hydrogen-bond donors (Lipinski definition) is 1. The van der Waals surface area contributed by atoms with Crippen LogP contribution in [0, 0.1) is 0 Å². The first-order valence-electron chi connectivity index (χ1n) is 5.71. The summed E-state index contributed by atoms with van der Waals surface area (Å²) >= 11 is 1.99. The molecule has 0 bridgehead atoms. The third kappa shape index (κ3) is 4.90. The zero-order chi connectivity index (χ0) is 11.8. The number of benzene rings is 1. The Hall–Kier alpha value is -0.670. The van der Waals surface area contributed by atoms with E-state index in [1.165, 1.54) is 5.56 Å². The van der Waals surface area contributed by atoms with E-state index in [0.29, 0.717) is 5.25 Å². The Morgan fingerprint density at radius 2 is 2.00 bits per heavy atom. The van der Waals surface area contributed by atoms with E-state index in [2.05, 4.69) is 19.1 Å². The minimum atomic E-state index is 0.670. The van der Waals surface area contributed by atoms with Crippen LogP contribution in [0.3, 0.4) is 0 Å². The highest BCUT2D eigenvalue weighted by molar-refractivity contribution is 7.99. The highest BCUT2D eigenvalue weighted by Crippen LogP contribution is 2.17. The summed E-state index contributed by atoms with van der Waals surface area (Å²) in [4.78, 5) is 0. The summed E-state index contributed by atoms with van der Waals surface area (Å²) in [5.41, 5.74) is 6.89. The van der Waals surface area contributed by atoms with Crippen LogP contribution in [0.25, 0.3) is 0 Å². The second-order valence-corrected chi connectivity index (χ2v) is 5.40. The van der Waals surface area contributed by atoms with Crippen LogP contribution < -0.4 is 10.5 Å². The van der Waals surface area contributed by atoms with Gasteiger partial charge in [0.1, 0.15) is 5.75 Å². The van der Waals surface area contributed by atoms with Crippen LogP contribution in [0.5, 0.6) is 5.75 Å². The maximum atomic E-state index is 5.52. The lowest BCUT2D eigenvalue weighted by atomic mass is 10.2. The Morgan fingerprint density at radius 1 is 1.31 bits per heavy atom. The molecule has 2 N–H and O–H groups in total. The Kier molecular flexibility index (Phi) is 6.34. The predicted octanol–water partition coefficient (Wildman–Crippen LogP) is 2.71. The summed E-state index contributed by atoms with van der Waals surface area (Å²) < 4.78 is 5.12. The van der Waals surface area contributed by atoms with E-state index < -0.39 is 0 Å². The van der Waals surface area contributed by atoms with E-state index in [-0.39, 0.29) is 0 Å². The molecule has 0 amide bonds. The molecule has 90 valence electrons. The Bertz CT molecular complexity index is 286. The molecular weight excluding hydrogens is 218 g/mol. The molecule has 16 heavy (non-hydrogen) atoms. The van der Waals surface area contributed by atoms with Gasteiger partial charge in [0.15, 0.2) is 0 Å². The molecule has 0 spiro atoms. The van der Waals surface area contributed by atoms with Gasteiger partial charge in [-0.3, -0.25) is 0 Å². The summed E-state index contributed by atoms with van der Waals surface area (Å²) in [6, 6.07) is 8.30. The van der Waals surface area contributed by atoms with Gasteiger partial charge in [0.25, 0.3) is 0 Å². The lowest BCUT2D eigenvalue weighted by Gasteiger charge is -2.09. The zero-order valence-corrected chi connectivity index (χ0v) is 10.9. The summed E-state index contributed by atoms with van der Waals surface area (Å²) in [7, 11) is 1.69. The van der Waals surface area contributed by atoms with Crippen LogP contribution in [-0.2, 0) is 6.42 Å². The third-order valence-electron chi connectivity index (χ3n) is 2.53. The molecule has 1 unspecified atom stereocenters. The molecule has 0 saturated heterocycles. The fourth-order valence-electron chi connectivity index (χ4n) is 1.49. The summed E-state index contributed by atoms with van der Waals surface area (Å²) in [6.45, 7) is 3.03. The summed E-state index contributed by atoms with van der Waals surface area (Å²) in [5, 5.41) is 0.670. The smallest absolute Gasteiger partial charge is 0.118 e. The van der Waals surface area contributed by atoms with Crippen LogP contribution >= 0.6 is 11.8 Å². The zero-order valence-electron chi connectivity index (χ0n) is 10.1. The van der Waals surface area contributed by atoms with Gasteiger partial charge in [-0.15, -0.1) is 0 Å². The highest BCUT2D eigenvalue weighted by Gasteiger charge is 2.01. The van der Waals surface area contributed by atoms with E-state index in [0.717, 1.165) is 30.9 Å². The number of ether oxygens (including phenoxy) is 1. The Morgan fingerprint density at radius 3 is 2.56 bits per heavy atom. The van der Waals surface area contributed by atoms with Crippen LogP contribution in [0.1, 0.15) is 18.9 Å². The summed E-state index contributed by atoms with van der Waals surface area (Å²) in [6.07, 6.45) is 2.22. The van der Waals surface area contributed by atoms with Gasteiger partial charge in [-0.05, 0) is 42.8 Å². The van der Waals surface area contributed by atoms with Gasteiger partial charge in [-0.1, -0.05) is 19.1 Å². The van der Waals surface area contributed by atoms with E-state index in [9.17, 15) is 0 Å². The fourth-order valence-corrected chi connectivity index (χ4v) is 2.55. The standard InChI is InChI=1S/C13H21NOS/c1-11(7-9-14)16-10-8-12-3-5-13(15-2)6-4-12/h3-6,11H,7-10,14H2,1-2H3. The number of hydrogen-bond acceptors (Lipinski definition) is 3. The van der Waals surface area contributed by atoms with Crippen molar-refractivity contribution in [2.75, 3.05) is 19.4 Å². The lowest BCUT2D eigenvalue weighted by molar-refractivity contribution is 0.414. The van der Waals surface area contributed by atoms with Crippen LogP contribution in [-0.4, -0.2) is 24.7 Å². The second-order valence-electron chi connectivity index (χ2n) is 3.86. The minimum Gasteiger partial charge on any atom is -0.497 e. The largest absolute Gasteiger partial charge is 0.497 e. The molecule has 2 nitrogen and oxygen atoms in total. The van der Waals surface area contributed by atoms with Crippen LogP contribution in [0.15, 0.2) is 24.3 Å². The van der Waals surface area contributed by atoms with Gasteiger partial charge in [0, 0.05) is 5.25 Å². The van der Waals surface area contributed by atoms with Gasteiger partial charge in [0.05, 0.1) is 7.11 Å². The Labute approximate surface area is 103 Å². The normalized spacial score (nSPS) is 12.4. The quantitative estimate of drug-likeness (QED) is 0.794. The molecule has 0 fully saturated rings. The van der Waals surface area contributed by atoms with Crippen molar-refractivity contribution in [3.8, 4) is 5.75 Å². The first kappa shape index (κ1) is 13.4. The van der Waals surface area contributed by atoms with Crippen molar-refractivity contribution < 1.29 is 4.74 Å². The lowest BCUT2D eigenvalue weighted by Crippen LogP contribution is -2.08. The first-order valence-corrected chi connectivity index (χ1v) is 6.75. The van der Waals surface area contributed by atoms with Gasteiger partial charge in [0.2, 0.25) is 0 Å². The SMILES string of the molecule is COc1ccc(CCSC(C)CCN)cc1. The predicted molar refractivity (Wildman–Crippen MR) is 72.3 cm³/mol. The maximum Gasteiger partial charge on any atom is 0.118 e. The number of rotatable bonds is 7. The molecular formula is C13H21NOS. The Balaban J connectivity index is 2.26. The van der Waals surface area contributed by atoms with Crippen molar-refractivity contribution in [1.82, 2.24) is 0 Å². The molecule has 3 heteroatoms. The fraction of sp³-hybridized carbons (Fsp3) is 0.538. The third-order valence-corrected chi connectivity index (χ3v) is 3.77. The van der Waals surface area contributed by atoms with Crippen molar-refractivity contribution in [1.29, 1.82) is 0 Å². The van der Waals surface area contributed by atoms with Gasteiger partial charge in [-0.25, -0.2) is 0 Å². The van der Waals surface area contributed by atoms with E-state index in [1.54, 1.807) is 7.11 Å². The van der Waals surface area contributed by atoms with Crippen molar-refractivity contribution in [3.05, 3.63) is 29.8 Å². The molecule has 0 aromatic heterocycles. The van der Waals surface area contributed by atoms with Crippen molar-refractivity contribution in [2.24, 2.45) is 5.73 Å². The van der Waals surface area contributed by atoms with Crippen LogP contribution in [0.2, 0.25) is 0 Å². The number of nitrogens with two attached hydrogens (primary N) is 1. The second kappa shape index (κ2) is 7.58. The molecule has 0 aliphatic rings. The van der Waals surface area contributed by atoms with Gasteiger partial charge < -0.3 is 10.5 Å². The summed E-state index contributed by atoms with van der Waals surface area (Å²) in [5.74, 6) is 2.08.